The second-order valence-electron chi connectivity index (χ2n) is 9.09. The molecule has 5 heteroatoms. The van der Waals surface area contributed by atoms with E-state index in [4.69, 9.17) is 9.47 Å². The van der Waals surface area contributed by atoms with Crippen molar-refractivity contribution in [2.45, 2.75) is 134 Å². The highest BCUT2D eigenvalue weighted by molar-refractivity contribution is 4.87. The molecule has 31 heavy (non-hydrogen) atoms. The molecule has 1 rings (SSSR count). The molecule has 0 aromatic heterocycles. The Morgan fingerprint density at radius 1 is 0.774 bits per heavy atom. The fourth-order valence-electron chi connectivity index (χ4n) is 4.14. The van der Waals surface area contributed by atoms with Crippen LogP contribution in [0.25, 0.3) is 0 Å². The van der Waals surface area contributed by atoms with Crippen molar-refractivity contribution >= 4 is 0 Å². The van der Waals surface area contributed by atoms with E-state index < -0.39 is 24.4 Å². The van der Waals surface area contributed by atoms with Gasteiger partial charge >= 0.3 is 0 Å². The summed E-state index contributed by atoms with van der Waals surface area (Å²) in [4.78, 5) is 0. The molecule has 1 saturated heterocycles. The normalized spacial score (nSPS) is 24.3. The molecule has 5 nitrogen and oxygen atoms in total. The third-order valence-corrected chi connectivity index (χ3v) is 6.22. The van der Waals surface area contributed by atoms with Gasteiger partial charge in [-0.3, -0.25) is 0 Å². The fraction of sp³-hybridized carbons (Fsp3) is 0.923. The van der Waals surface area contributed by atoms with Crippen molar-refractivity contribution in [3.05, 3.63) is 12.2 Å². The average Bonchev–Trinajstić information content (AvgIpc) is 2.78. The monoisotopic (exact) mass is 442 g/mol. The topological polar surface area (TPSA) is 79.2 Å². The highest BCUT2D eigenvalue weighted by Gasteiger charge is 2.39. The van der Waals surface area contributed by atoms with E-state index in [1.165, 1.54) is 89.9 Å². The molecular weight excluding hydrogens is 392 g/mol. The van der Waals surface area contributed by atoms with E-state index in [0.29, 0.717) is 6.61 Å². The van der Waals surface area contributed by atoms with Crippen LogP contribution in [0.5, 0.6) is 0 Å². The fourth-order valence-corrected chi connectivity index (χ4v) is 4.14. The zero-order valence-corrected chi connectivity index (χ0v) is 20.1. The molecule has 1 heterocycles. The summed E-state index contributed by atoms with van der Waals surface area (Å²) in [5.41, 5.74) is 0. The van der Waals surface area contributed by atoms with Crippen molar-refractivity contribution in [2.75, 3.05) is 19.8 Å². The van der Waals surface area contributed by atoms with Crippen LogP contribution in [0.2, 0.25) is 0 Å². The number of unbranched alkanes of at least 4 members (excludes halogenated alkanes) is 14. The molecule has 1 aliphatic heterocycles. The highest BCUT2D eigenvalue weighted by Crippen LogP contribution is 2.19. The van der Waals surface area contributed by atoms with Crippen LogP contribution < -0.4 is 0 Å². The van der Waals surface area contributed by atoms with E-state index in [-0.39, 0.29) is 13.2 Å². The molecule has 4 atom stereocenters. The number of aliphatic hydroxyl groups is 3. The molecule has 1 fully saturated rings. The lowest BCUT2D eigenvalue weighted by molar-refractivity contribution is -0.211. The Morgan fingerprint density at radius 3 is 1.84 bits per heavy atom. The number of hydrogen-bond acceptors (Lipinski definition) is 5. The number of rotatable bonds is 20. The van der Waals surface area contributed by atoms with Gasteiger partial charge in [-0.1, -0.05) is 89.7 Å². The molecule has 3 N–H and O–H groups in total. The van der Waals surface area contributed by atoms with Gasteiger partial charge < -0.3 is 24.8 Å². The Labute approximate surface area is 191 Å². The van der Waals surface area contributed by atoms with Gasteiger partial charge in [0.2, 0.25) is 0 Å². The first-order valence-electron chi connectivity index (χ1n) is 13.1. The Morgan fingerprint density at radius 2 is 1.29 bits per heavy atom. The van der Waals surface area contributed by atoms with Gasteiger partial charge in [0.25, 0.3) is 0 Å². The highest BCUT2D eigenvalue weighted by atomic mass is 16.6. The van der Waals surface area contributed by atoms with Crippen LogP contribution in [0, 0.1) is 0 Å². The van der Waals surface area contributed by atoms with Crippen molar-refractivity contribution in [3.63, 3.8) is 0 Å². The Hall–Kier alpha value is -0.460. The summed E-state index contributed by atoms with van der Waals surface area (Å²) in [6.45, 7) is 2.63. The van der Waals surface area contributed by atoms with E-state index in [2.05, 4.69) is 19.1 Å². The summed E-state index contributed by atoms with van der Waals surface area (Å²) in [5.74, 6) is 0. The number of allylic oxidation sites excluding steroid dienone is 2. The van der Waals surface area contributed by atoms with Crippen molar-refractivity contribution in [1.82, 2.24) is 0 Å². The SMILES string of the molecule is CCCCCCCCCC/C=C/CCCCCCCCO[C@@H]1[C@@H](O)[C@H](O)CO[C@H]1CO. The molecule has 0 saturated carbocycles. The van der Waals surface area contributed by atoms with Crippen molar-refractivity contribution < 1.29 is 24.8 Å². The second-order valence-corrected chi connectivity index (χ2v) is 9.09. The minimum absolute atomic E-state index is 0.0423. The first kappa shape index (κ1) is 28.6. The molecule has 1 aliphatic rings. The summed E-state index contributed by atoms with van der Waals surface area (Å²) in [7, 11) is 0. The van der Waals surface area contributed by atoms with E-state index >= 15 is 0 Å². The zero-order valence-electron chi connectivity index (χ0n) is 20.1. The average molecular weight is 443 g/mol. The van der Waals surface area contributed by atoms with E-state index in [1.807, 2.05) is 0 Å². The molecular formula is C26H50O5. The quantitative estimate of drug-likeness (QED) is 0.176. The van der Waals surface area contributed by atoms with Gasteiger partial charge in [0.05, 0.1) is 13.2 Å². The number of hydrogen-bond donors (Lipinski definition) is 3. The lowest BCUT2D eigenvalue weighted by atomic mass is 10.0. The van der Waals surface area contributed by atoms with Crippen molar-refractivity contribution in [3.8, 4) is 0 Å². The van der Waals surface area contributed by atoms with E-state index in [1.54, 1.807) is 0 Å². The van der Waals surface area contributed by atoms with Crippen LogP contribution in [-0.2, 0) is 9.47 Å². The minimum Gasteiger partial charge on any atom is -0.394 e. The van der Waals surface area contributed by atoms with Crippen LogP contribution in [-0.4, -0.2) is 59.6 Å². The zero-order chi connectivity index (χ0) is 22.6. The lowest BCUT2D eigenvalue weighted by Crippen LogP contribution is -2.55. The van der Waals surface area contributed by atoms with Gasteiger partial charge in [0.1, 0.15) is 24.4 Å². The van der Waals surface area contributed by atoms with Crippen molar-refractivity contribution in [1.29, 1.82) is 0 Å². The standard InChI is InChI=1S/C26H50O5/c1-2-3-4-5-6-7-8-9-10-11-12-13-14-15-16-17-18-19-20-30-26-24(21-27)31-22-23(28)25(26)29/h11-12,23-29H,2-10,13-22H2,1H3/b12-11+/t23-,24+,25+,26+/m1/s1. The minimum atomic E-state index is -0.991. The molecule has 184 valence electrons. The first-order chi connectivity index (χ1) is 15.2. The van der Waals surface area contributed by atoms with Gasteiger partial charge in [-0.2, -0.15) is 0 Å². The molecule has 0 aromatic carbocycles. The Kier molecular flexibility index (Phi) is 18.6. The van der Waals surface area contributed by atoms with Crippen molar-refractivity contribution in [2.24, 2.45) is 0 Å². The Bertz CT molecular complexity index is 413. The first-order valence-corrected chi connectivity index (χ1v) is 13.1. The van der Waals surface area contributed by atoms with Gasteiger partial charge in [-0.15, -0.1) is 0 Å². The molecule has 0 spiro atoms. The number of ether oxygens (including phenoxy) is 2. The van der Waals surface area contributed by atoms with Gasteiger partial charge in [-0.25, -0.2) is 0 Å². The maximum atomic E-state index is 10.0. The van der Waals surface area contributed by atoms with E-state index in [9.17, 15) is 15.3 Å². The smallest absolute Gasteiger partial charge is 0.114 e. The van der Waals surface area contributed by atoms with Crippen LogP contribution >= 0.6 is 0 Å². The number of aliphatic hydroxyl groups excluding tert-OH is 3. The summed E-state index contributed by atoms with van der Waals surface area (Å²) in [6, 6.07) is 0. The molecule has 0 radical (unpaired) electrons. The van der Waals surface area contributed by atoms with Crippen LogP contribution in [0.15, 0.2) is 12.2 Å². The molecule has 0 unspecified atom stereocenters. The summed E-state index contributed by atoms with van der Waals surface area (Å²) < 4.78 is 11.0. The van der Waals surface area contributed by atoms with Gasteiger partial charge in [0.15, 0.2) is 0 Å². The predicted octanol–water partition coefficient (Wildman–Crippen LogP) is 5.30. The maximum absolute atomic E-state index is 10.0. The third-order valence-electron chi connectivity index (χ3n) is 6.22. The molecule has 0 amide bonds. The summed E-state index contributed by atoms with van der Waals surface area (Å²) in [5, 5.41) is 29.0. The summed E-state index contributed by atoms with van der Waals surface area (Å²) in [6.07, 6.45) is 22.2. The van der Waals surface area contributed by atoms with Crippen LogP contribution in [0.1, 0.15) is 110 Å². The molecule has 0 aliphatic carbocycles. The largest absolute Gasteiger partial charge is 0.394 e. The van der Waals surface area contributed by atoms with Crippen LogP contribution in [0.3, 0.4) is 0 Å². The molecule has 0 bridgehead atoms. The summed E-state index contributed by atoms with van der Waals surface area (Å²) >= 11 is 0. The third kappa shape index (κ3) is 14.3. The Balaban J connectivity index is 1.84. The van der Waals surface area contributed by atoms with Gasteiger partial charge in [0, 0.05) is 6.61 Å². The lowest BCUT2D eigenvalue weighted by Gasteiger charge is -2.37. The predicted molar refractivity (Wildman–Crippen MR) is 127 cm³/mol. The van der Waals surface area contributed by atoms with Crippen LogP contribution in [0.4, 0.5) is 0 Å². The maximum Gasteiger partial charge on any atom is 0.114 e. The van der Waals surface area contributed by atoms with Gasteiger partial charge in [-0.05, 0) is 32.1 Å². The molecule has 0 aromatic rings. The van der Waals surface area contributed by atoms with E-state index in [0.717, 1.165) is 12.8 Å². The second kappa shape index (κ2) is 20.2.